The molecule has 0 atom stereocenters. The average molecular weight is 178 g/mol. The lowest BCUT2D eigenvalue weighted by atomic mass is 10.2. The van der Waals surface area contributed by atoms with Gasteiger partial charge in [0.2, 0.25) is 0 Å². The van der Waals surface area contributed by atoms with Gasteiger partial charge in [-0.15, -0.1) is 0 Å². The van der Waals surface area contributed by atoms with Gasteiger partial charge in [0, 0.05) is 0 Å². The van der Waals surface area contributed by atoms with Crippen molar-refractivity contribution in [2.75, 3.05) is 0 Å². The third kappa shape index (κ3) is 1.30. The van der Waals surface area contributed by atoms with E-state index >= 15 is 0 Å². The van der Waals surface area contributed by atoms with Gasteiger partial charge in [0.15, 0.2) is 11.4 Å². The molecule has 0 bridgehead atoms. The molecule has 0 N–H and O–H groups in total. The Hall–Kier alpha value is -2.32. The molecule has 0 heterocycles. The lowest BCUT2D eigenvalue weighted by molar-refractivity contribution is 1.84. The van der Waals surface area contributed by atoms with Gasteiger partial charge in [-0.1, -0.05) is 24.3 Å². The molecule has 0 spiro atoms. The Morgan fingerprint density at radius 3 is 1.64 bits per heavy atom. The number of rotatable bonds is 0. The van der Waals surface area contributed by atoms with Crippen LogP contribution in [0.2, 0.25) is 0 Å². The molecular weight excluding hydrogens is 172 g/mol. The van der Waals surface area contributed by atoms with Gasteiger partial charge in [0.25, 0.3) is 0 Å². The highest BCUT2D eigenvalue weighted by molar-refractivity contribution is 5.76. The largest absolute Gasteiger partial charge is 0.238 e. The van der Waals surface area contributed by atoms with Crippen molar-refractivity contribution in [2.45, 2.75) is 0 Å². The van der Waals surface area contributed by atoms with Crippen LogP contribution >= 0.6 is 0 Å². The van der Waals surface area contributed by atoms with E-state index in [4.69, 9.17) is 13.1 Å². The fourth-order valence-electron chi connectivity index (χ4n) is 1.36. The maximum Gasteiger partial charge on any atom is 0.188 e. The normalized spacial score (nSPS) is 9.29. The van der Waals surface area contributed by atoms with Crippen LogP contribution in [-0.2, 0) is 0 Å². The molecule has 2 aliphatic rings. The van der Waals surface area contributed by atoms with Crippen molar-refractivity contribution < 1.29 is 0 Å². The third-order valence-corrected chi connectivity index (χ3v) is 2.07. The number of nitrogens with zero attached hydrogens (tertiary/aromatic N) is 2. The minimum atomic E-state index is 0.616. The molecule has 2 nitrogen and oxygen atoms in total. The van der Waals surface area contributed by atoms with Crippen molar-refractivity contribution in [3.05, 3.63) is 59.2 Å². The second kappa shape index (κ2) is 3.20. The van der Waals surface area contributed by atoms with Crippen LogP contribution in [-0.4, -0.2) is 0 Å². The summed E-state index contributed by atoms with van der Waals surface area (Å²) in [6, 6.07) is 10.9. The maximum atomic E-state index is 6.88. The molecule has 0 saturated heterocycles. The van der Waals surface area contributed by atoms with Crippen molar-refractivity contribution in [3.8, 4) is 11.1 Å². The van der Waals surface area contributed by atoms with Gasteiger partial charge in [0.05, 0.1) is 13.1 Å². The van der Waals surface area contributed by atoms with E-state index in [0.29, 0.717) is 11.4 Å². The van der Waals surface area contributed by atoms with Crippen molar-refractivity contribution in [2.24, 2.45) is 0 Å². The average Bonchev–Trinajstić information content (AvgIpc) is 2.52. The van der Waals surface area contributed by atoms with Crippen LogP contribution in [0.1, 0.15) is 0 Å². The Morgan fingerprint density at radius 2 is 1.21 bits per heavy atom. The first-order valence-electron chi connectivity index (χ1n) is 4.12. The summed E-state index contributed by atoms with van der Waals surface area (Å²) in [5, 5.41) is 0. The summed E-state index contributed by atoms with van der Waals surface area (Å²) in [5.41, 5.74) is 3.28. The van der Waals surface area contributed by atoms with Crippen LogP contribution in [0.15, 0.2) is 36.4 Å². The molecule has 14 heavy (non-hydrogen) atoms. The highest BCUT2D eigenvalue weighted by atomic mass is 14.6. The van der Waals surface area contributed by atoms with Crippen molar-refractivity contribution >= 4 is 11.4 Å². The van der Waals surface area contributed by atoms with Gasteiger partial charge >= 0.3 is 0 Å². The van der Waals surface area contributed by atoms with Gasteiger partial charge in [-0.3, -0.25) is 0 Å². The Labute approximate surface area is 82.4 Å². The maximum absolute atomic E-state index is 6.88. The minimum Gasteiger partial charge on any atom is -0.238 e. The van der Waals surface area contributed by atoms with Crippen LogP contribution in [0.25, 0.3) is 20.8 Å². The number of fused-ring (bicyclic) bond motifs is 1. The minimum absolute atomic E-state index is 0.616. The van der Waals surface area contributed by atoms with E-state index in [0.717, 1.165) is 11.1 Å². The number of hydrogen-bond donors (Lipinski definition) is 0. The predicted molar refractivity (Wildman–Crippen MR) is 55.6 cm³/mol. The van der Waals surface area contributed by atoms with E-state index in [2.05, 4.69) is 9.69 Å². The standard InChI is InChI=1S/C12H6N2/c1-13-11-5-3-9-7-12(14-2)8-10(9)4-6-11/h3-8H. The van der Waals surface area contributed by atoms with E-state index in [1.54, 1.807) is 12.1 Å². The fourth-order valence-corrected chi connectivity index (χ4v) is 1.36. The molecule has 2 aliphatic carbocycles. The topological polar surface area (TPSA) is 8.72 Å². The lowest BCUT2D eigenvalue weighted by Gasteiger charge is -1.86. The first kappa shape index (κ1) is 8.29. The van der Waals surface area contributed by atoms with E-state index in [9.17, 15) is 0 Å². The van der Waals surface area contributed by atoms with Crippen molar-refractivity contribution in [1.82, 2.24) is 0 Å². The molecule has 0 aromatic heterocycles. The highest BCUT2D eigenvalue weighted by Gasteiger charge is 2.03. The molecule has 0 aliphatic heterocycles. The first-order valence-corrected chi connectivity index (χ1v) is 4.12. The van der Waals surface area contributed by atoms with Gasteiger partial charge in [-0.2, -0.15) is 0 Å². The third-order valence-electron chi connectivity index (χ3n) is 2.07. The fraction of sp³-hybridized carbons (Fsp3) is 0. The molecule has 64 valence electrons. The second-order valence-corrected chi connectivity index (χ2v) is 2.94. The van der Waals surface area contributed by atoms with Crippen LogP contribution in [0, 0.1) is 13.1 Å². The zero-order valence-electron chi connectivity index (χ0n) is 7.36. The van der Waals surface area contributed by atoms with Gasteiger partial charge in [0.1, 0.15) is 0 Å². The monoisotopic (exact) mass is 178 g/mol. The summed E-state index contributed by atoms with van der Waals surface area (Å²) in [6.07, 6.45) is 0. The Kier molecular flexibility index (Phi) is 1.89. The highest BCUT2D eigenvalue weighted by Crippen LogP contribution is 2.31. The van der Waals surface area contributed by atoms with E-state index in [1.807, 2.05) is 24.3 Å². The SMILES string of the molecule is [C-]#[N+]c1ccc2cc([N+]#[C-])cc-2cc1. The smallest absolute Gasteiger partial charge is 0.188 e. The molecule has 0 aromatic carbocycles. The van der Waals surface area contributed by atoms with E-state index in [-0.39, 0.29) is 0 Å². The summed E-state index contributed by atoms with van der Waals surface area (Å²) in [5.74, 6) is 0. The van der Waals surface area contributed by atoms with Gasteiger partial charge in [-0.05, 0) is 23.3 Å². The predicted octanol–water partition coefficient (Wildman–Crippen LogP) is 3.89. The number of hydrogen-bond acceptors (Lipinski definition) is 0. The zero-order chi connectivity index (χ0) is 9.97. The van der Waals surface area contributed by atoms with Gasteiger partial charge in [-0.25, -0.2) is 9.69 Å². The van der Waals surface area contributed by atoms with Crippen molar-refractivity contribution in [1.29, 1.82) is 0 Å². The summed E-state index contributed by atoms with van der Waals surface area (Å²) in [7, 11) is 0. The Balaban J connectivity index is 2.66. The molecule has 2 heteroatoms. The molecule has 0 saturated carbocycles. The van der Waals surface area contributed by atoms with E-state index < -0.39 is 0 Å². The summed E-state index contributed by atoms with van der Waals surface area (Å²) in [4.78, 5) is 6.71. The molecular formula is C12H6N2. The zero-order valence-corrected chi connectivity index (χ0v) is 7.36. The molecule has 0 fully saturated rings. The summed E-state index contributed by atoms with van der Waals surface area (Å²) in [6.45, 7) is 13.7. The Bertz CT molecular complexity index is 483. The van der Waals surface area contributed by atoms with Crippen molar-refractivity contribution in [3.63, 3.8) is 0 Å². The van der Waals surface area contributed by atoms with E-state index in [1.165, 1.54) is 0 Å². The quantitative estimate of drug-likeness (QED) is 0.541. The molecule has 0 amide bonds. The molecule has 2 rings (SSSR count). The molecule has 0 unspecified atom stereocenters. The van der Waals surface area contributed by atoms with Crippen LogP contribution in [0.5, 0.6) is 0 Å². The molecule has 0 radical (unpaired) electrons. The first-order chi connectivity index (χ1) is 6.83. The van der Waals surface area contributed by atoms with Gasteiger partial charge < -0.3 is 0 Å². The lowest BCUT2D eigenvalue weighted by Crippen LogP contribution is -1.59. The Morgan fingerprint density at radius 1 is 0.714 bits per heavy atom. The van der Waals surface area contributed by atoms with Crippen LogP contribution in [0.4, 0.5) is 11.4 Å². The second-order valence-electron chi connectivity index (χ2n) is 2.94. The summed E-state index contributed by atoms with van der Waals surface area (Å²) >= 11 is 0. The van der Waals surface area contributed by atoms with Crippen LogP contribution < -0.4 is 0 Å². The van der Waals surface area contributed by atoms with Crippen LogP contribution in [0.3, 0.4) is 0 Å². The summed E-state index contributed by atoms with van der Waals surface area (Å²) < 4.78 is 0. The molecule has 0 aromatic rings.